The van der Waals surface area contributed by atoms with Gasteiger partial charge in [0.05, 0.1) is 19.1 Å². The van der Waals surface area contributed by atoms with Crippen LogP contribution in [-0.4, -0.2) is 45.7 Å². The van der Waals surface area contributed by atoms with E-state index in [-0.39, 0.29) is 23.8 Å². The van der Waals surface area contributed by atoms with Gasteiger partial charge in [-0.15, -0.1) is 0 Å². The Hall–Kier alpha value is -2.21. The van der Waals surface area contributed by atoms with Crippen molar-refractivity contribution in [3.8, 4) is 0 Å². The number of aryl methyl sites for hydroxylation is 1. The SMILES string of the molecule is CC(C)c1n[nH]c([C@H]2CN(C(=O)[C@H]3CCc4ccccc43)CCO2)n1. The van der Waals surface area contributed by atoms with Crippen LogP contribution in [0.25, 0.3) is 0 Å². The number of morpholine rings is 1. The van der Waals surface area contributed by atoms with Gasteiger partial charge in [0.1, 0.15) is 6.10 Å². The van der Waals surface area contributed by atoms with Crippen molar-refractivity contribution >= 4 is 5.91 Å². The van der Waals surface area contributed by atoms with Gasteiger partial charge in [0.15, 0.2) is 11.6 Å². The van der Waals surface area contributed by atoms with Crippen molar-refractivity contribution in [2.75, 3.05) is 19.7 Å². The molecule has 1 N–H and O–H groups in total. The molecule has 1 aromatic heterocycles. The summed E-state index contributed by atoms with van der Waals surface area (Å²) in [6.45, 7) is 5.82. The van der Waals surface area contributed by atoms with Crippen molar-refractivity contribution in [1.82, 2.24) is 20.1 Å². The molecule has 25 heavy (non-hydrogen) atoms. The van der Waals surface area contributed by atoms with E-state index in [1.165, 1.54) is 11.1 Å². The molecular weight excluding hydrogens is 316 g/mol. The normalized spacial score (nSPS) is 23.1. The zero-order valence-corrected chi connectivity index (χ0v) is 14.7. The van der Waals surface area contributed by atoms with Crippen LogP contribution in [0, 0.1) is 0 Å². The Labute approximate surface area is 147 Å². The number of H-pyrrole nitrogens is 1. The van der Waals surface area contributed by atoms with E-state index in [2.05, 4.69) is 41.2 Å². The number of carbonyl (C=O) groups excluding carboxylic acids is 1. The fourth-order valence-corrected chi connectivity index (χ4v) is 3.74. The summed E-state index contributed by atoms with van der Waals surface area (Å²) in [6, 6.07) is 8.29. The van der Waals surface area contributed by atoms with Gasteiger partial charge in [0.2, 0.25) is 5.91 Å². The summed E-state index contributed by atoms with van der Waals surface area (Å²) in [6.07, 6.45) is 1.66. The van der Waals surface area contributed by atoms with E-state index in [0.717, 1.165) is 18.7 Å². The van der Waals surface area contributed by atoms with Gasteiger partial charge in [0, 0.05) is 12.5 Å². The average Bonchev–Trinajstić information content (AvgIpc) is 3.28. The zero-order chi connectivity index (χ0) is 17.4. The highest BCUT2D eigenvalue weighted by molar-refractivity contribution is 5.85. The number of nitrogens with zero attached hydrogens (tertiary/aromatic N) is 3. The predicted octanol–water partition coefficient (Wildman–Crippen LogP) is 2.56. The van der Waals surface area contributed by atoms with E-state index < -0.39 is 0 Å². The van der Waals surface area contributed by atoms with Gasteiger partial charge in [0.25, 0.3) is 0 Å². The maximum atomic E-state index is 13.1. The quantitative estimate of drug-likeness (QED) is 0.932. The maximum Gasteiger partial charge on any atom is 0.230 e. The average molecular weight is 340 g/mol. The molecular formula is C19H24N4O2. The van der Waals surface area contributed by atoms with Crippen LogP contribution in [0.5, 0.6) is 0 Å². The Morgan fingerprint density at radius 2 is 2.20 bits per heavy atom. The van der Waals surface area contributed by atoms with E-state index in [1.807, 2.05) is 17.0 Å². The second-order valence-electron chi connectivity index (χ2n) is 7.17. The third-order valence-corrected chi connectivity index (χ3v) is 5.15. The summed E-state index contributed by atoms with van der Waals surface area (Å²) in [5, 5.41) is 7.23. The van der Waals surface area contributed by atoms with Crippen LogP contribution in [0.4, 0.5) is 0 Å². The Kier molecular flexibility index (Phi) is 4.29. The topological polar surface area (TPSA) is 71.1 Å². The molecule has 6 nitrogen and oxygen atoms in total. The molecule has 6 heteroatoms. The minimum absolute atomic E-state index is 0.0177. The van der Waals surface area contributed by atoms with Crippen molar-refractivity contribution in [3.05, 3.63) is 47.0 Å². The maximum absolute atomic E-state index is 13.1. The van der Waals surface area contributed by atoms with E-state index in [4.69, 9.17) is 4.74 Å². The smallest absolute Gasteiger partial charge is 0.230 e. The Morgan fingerprint density at radius 1 is 1.36 bits per heavy atom. The number of amides is 1. The molecule has 1 fully saturated rings. The predicted molar refractivity (Wildman–Crippen MR) is 93.2 cm³/mol. The number of nitrogens with one attached hydrogen (secondary N) is 1. The van der Waals surface area contributed by atoms with Crippen LogP contribution in [0.2, 0.25) is 0 Å². The molecule has 1 saturated heterocycles. The lowest BCUT2D eigenvalue weighted by Gasteiger charge is -2.33. The molecule has 0 unspecified atom stereocenters. The van der Waals surface area contributed by atoms with Gasteiger partial charge < -0.3 is 9.64 Å². The van der Waals surface area contributed by atoms with Crippen molar-refractivity contribution in [2.45, 2.75) is 44.6 Å². The molecule has 1 amide bonds. The minimum Gasteiger partial charge on any atom is -0.367 e. The molecule has 2 aromatic rings. The molecule has 4 rings (SSSR count). The van der Waals surface area contributed by atoms with Crippen LogP contribution in [0.1, 0.15) is 61.0 Å². The second kappa shape index (κ2) is 6.59. The van der Waals surface area contributed by atoms with Gasteiger partial charge in [-0.3, -0.25) is 9.89 Å². The number of hydrogen-bond acceptors (Lipinski definition) is 4. The molecule has 1 aliphatic carbocycles. The summed E-state index contributed by atoms with van der Waals surface area (Å²) in [5.74, 6) is 1.96. The Balaban J connectivity index is 1.48. The van der Waals surface area contributed by atoms with Gasteiger partial charge >= 0.3 is 0 Å². The second-order valence-corrected chi connectivity index (χ2v) is 7.17. The lowest BCUT2D eigenvalue weighted by Crippen LogP contribution is -2.44. The van der Waals surface area contributed by atoms with Crippen LogP contribution >= 0.6 is 0 Å². The van der Waals surface area contributed by atoms with Gasteiger partial charge in [-0.1, -0.05) is 38.1 Å². The van der Waals surface area contributed by atoms with E-state index in [0.29, 0.717) is 25.5 Å². The Morgan fingerprint density at radius 3 is 3.00 bits per heavy atom. The van der Waals surface area contributed by atoms with E-state index in [1.54, 1.807) is 0 Å². The number of fused-ring (bicyclic) bond motifs is 1. The number of carbonyl (C=O) groups is 1. The third kappa shape index (κ3) is 3.06. The number of ether oxygens (including phenoxy) is 1. The highest BCUT2D eigenvalue weighted by atomic mass is 16.5. The molecule has 0 spiro atoms. The first-order valence-corrected chi connectivity index (χ1v) is 9.04. The summed E-state index contributed by atoms with van der Waals surface area (Å²) in [5.41, 5.74) is 2.50. The number of benzene rings is 1. The fourth-order valence-electron chi connectivity index (χ4n) is 3.74. The number of aromatic amines is 1. The van der Waals surface area contributed by atoms with Gasteiger partial charge in [-0.25, -0.2) is 4.98 Å². The zero-order valence-electron chi connectivity index (χ0n) is 14.7. The standard InChI is InChI=1S/C19H24N4O2/c1-12(2)17-20-18(22-21-17)16-11-23(9-10-25-16)19(24)15-8-7-13-5-3-4-6-14(13)15/h3-6,12,15-16H,7-11H2,1-2H3,(H,20,21,22)/t15-,16+/m0/s1. The van der Waals surface area contributed by atoms with Crippen molar-refractivity contribution < 1.29 is 9.53 Å². The molecule has 132 valence electrons. The summed E-state index contributed by atoms with van der Waals surface area (Å²) < 4.78 is 5.84. The summed E-state index contributed by atoms with van der Waals surface area (Å²) >= 11 is 0. The van der Waals surface area contributed by atoms with Gasteiger partial charge in [-0.05, 0) is 24.0 Å². The Bertz CT molecular complexity index is 770. The molecule has 2 aliphatic rings. The van der Waals surface area contributed by atoms with Crippen molar-refractivity contribution in [2.24, 2.45) is 0 Å². The molecule has 0 radical (unpaired) electrons. The first kappa shape index (κ1) is 16.3. The highest BCUT2D eigenvalue weighted by Gasteiger charge is 2.35. The van der Waals surface area contributed by atoms with Crippen LogP contribution in [-0.2, 0) is 16.0 Å². The first-order valence-electron chi connectivity index (χ1n) is 9.04. The van der Waals surface area contributed by atoms with Crippen LogP contribution in [0.3, 0.4) is 0 Å². The van der Waals surface area contributed by atoms with E-state index >= 15 is 0 Å². The third-order valence-electron chi connectivity index (χ3n) is 5.15. The number of hydrogen-bond donors (Lipinski definition) is 1. The summed E-state index contributed by atoms with van der Waals surface area (Å²) in [7, 11) is 0. The summed E-state index contributed by atoms with van der Waals surface area (Å²) in [4.78, 5) is 19.5. The fraction of sp³-hybridized carbons (Fsp3) is 0.526. The van der Waals surface area contributed by atoms with Crippen LogP contribution < -0.4 is 0 Å². The van der Waals surface area contributed by atoms with Gasteiger partial charge in [-0.2, -0.15) is 5.10 Å². The molecule has 2 heterocycles. The number of rotatable bonds is 3. The molecule has 1 aromatic carbocycles. The lowest BCUT2D eigenvalue weighted by atomic mass is 9.99. The highest BCUT2D eigenvalue weighted by Crippen LogP contribution is 2.35. The van der Waals surface area contributed by atoms with Crippen LogP contribution in [0.15, 0.2) is 24.3 Å². The largest absolute Gasteiger partial charge is 0.367 e. The number of aromatic nitrogens is 3. The molecule has 1 aliphatic heterocycles. The van der Waals surface area contributed by atoms with Crippen molar-refractivity contribution in [1.29, 1.82) is 0 Å². The monoisotopic (exact) mass is 340 g/mol. The molecule has 2 atom stereocenters. The minimum atomic E-state index is -0.227. The van der Waals surface area contributed by atoms with Crippen molar-refractivity contribution in [3.63, 3.8) is 0 Å². The first-order chi connectivity index (χ1) is 12.1. The molecule has 0 saturated carbocycles. The lowest BCUT2D eigenvalue weighted by molar-refractivity contribution is -0.140. The molecule has 0 bridgehead atoms. The van der Waals surface area contributed by atoms with E-state index in [9.17, 15) is 4.79 Å².